The quantitative estimate of drug-likeness (QED) is 0.682. The van der Waals surface area contributed by atoms with Crippen molar-refractivity contribution in [3.8, 4) is 0 Å². The largest absolute Gasteiger partial charge is 0.392 e. The fourth-order valence-corrected chi connectivity index (χ4v) is 2.10. The Morgan fingerprint density at radius 1 is 1.20 bits per heavy atom. The monoisotopic (exact) mass is 230 g/mol. The first kappa shape index (κ1) is 14.8. The fourth-order valence-electron chi connectivity index (χ4n) is 1.97. The second-order valence-corrected chi connectivity index (χ2v) is 5.11. The maximum Gasteiger partial charge on any atom is 0.0899 e. The third kappa shape index (κ3) is 4.94. The zero-order valence-electron chi connectivity index (χ0n) is 10.8. The molecule has 0 amide bonds. The van der Waals surface area contributed by atoms with E-state index in [2.05, 4.69) is 39.5 Å². The van der Waals surface area contributed by atoms with E-state index in [0.29, 0.717) is 16.9 Å². The van der Waals surface area contributed by atoms with Gasteiger partial charge in [-0.05, 0) is 25.7 Å². The molecule has 15 heavy (non-hydrogen) atoms. The van der Waals surface area contributed by atoms with Crippen molar-refractivity contribution in [3.63, 3.8) is 0 Å². The summed E-state index contributed by atoms with van der Waals surface area (Å²) in [6.07, 6.45) is 2.33. The van der Waals surface area contributed by atoms with Crippen LogP contribution in [0.25, 0.3) is 0 Å². The predicted octanol–water partition coefficient (Wildman–Crippen LogP) is 2.81. The molecule has 0 bridgehead atoms. The van der Waals surface area contributed by atoms with Crippen LogP contribution in [-0.4, -0.2) is 28.5 Å². The van der Waals surface area contributed by atoms with Crippen molar-refractivity contribution >= 4 is 17.2 Å². The average Bonchev–Trinajstić information content (AvgIpc) is 2.16. The van der Waals surface area contributed by atoms with Crippen LogP contribution in [0.4, 0.5) is 0 Å². The second-order valence-electron chi connectivity index (χ2n) is 4.64. The molecule has 0 fully saturated rings. The molecule has 1 atom stereocenters. The third-order valence-electron chi connectivity index (χ3n) is 2.90. The van der Waals surface area contributed by atoms with Gasteiger partial charge in [-0.2, -0.15) is 0 Å². The number of thiocarbonyl (C=S) groups is 1. The fraction of sp³-hybridized carbons (Fsp3) is 0.917. The molecule has 2 nitrogen and oxygen atoms in total. The molecule has 0 saturated heterocycles. The summed E-state index contributed by atoms with van der Waals surface area (Å²) in [5, 5.41) is 0. The summed E-state index contributed by atoms with van der Waals surface area (Å²) in [4.78, 5) is 3.06. The van der Waals surface area contributed by atoms with E-state index in [9.17, 15) is 0 Å². The Morgan fingerprint density at radius 3 is 1.93 bits per heavy atom. The molecule has 0 aliphatic rings. The molecule has 0 aromatic carbocycles. The van der Waals surface area contributed by atoms with Gasteiger partial charge in [0.25, 0.3) is 0 Å². The summed E-state index contributed by atoms with van der Waals surface area (Å²) in [5.74, 6) is 0.655. The van der Waals surface area contributed by atoms with Gasteiger partial charge in [0.15, 0.2) is 0 Å². The topological polar surface area (TPSA) is 29.3 Å². The lowest BCUT2D eigenvalue weighted by molar-refractivity contribution is 0.150. The summed E-state index contributed by atoms with van der Waals surface area (Å²) in [6, 6.07) is 0.816. The molecular weight excluding hydrogens is 204 g/mol. The van der Waals surface area contributed by atoms with E-state index in [1.165, 1.54) is 0 Å². The van der Waals surface area contributed by atoms with Crippen molar-refractivity contribution in [1.29, 1.82) is 0 Å². The molecular formula is C12H26N2S. The molecule has 0 heterocycles. The highest BCUT2D eigenvalue weighted by Crippen LogP contribution is 2.15. The molecule has 90 valence electrons. The summed E-state index contributed by atoms with van der Waals surface area (Å²) >= 11 is 5.10. The Morgan fingerprint density at radius 2 is 1.67 bits per heavy atom. The summed E-state index contributed by atoms with van der Waals surface area (Å²) < 4.78 is 0. The number of hydrogen-bond acceptors (Lipinski definition) is 2. The van der Waals surface area contributed by atoms with E-state index in [-0.39, 0.29) is 6.04 Å². The van der Waals surface area contributed by atoms with Crippen molar-refractivity contribution in [2.24, 2.45) is 11.7 Å². The summed E-state index contributed by atoms with van der Waals surface area (Å²) in [5.41, 5.74) is 5.75. The Bertz CT molecular complexity index is 188. The molecule has 2 N–H and O–H groups in total. The van der Waals surface area contributed by atoms with Crippen molar-refractivity contribution in [3.05, 3.63) is 0 Å². The van der Waals surface area contributed by atoms with E-state index in [1.807, 2.05) is 0 Å². The van der Waals surface area contributed by atoms with Gasteiger partial charge in [0.1, 0.15) is 0 Å². The minimum Gasteiger partial charge on any atom is -0.392 e. The normalized spacial score (nSPS) is 13.9. The van der Waals surface area contributed by atoms with E-state index in [1.54, 1.807) is 0 Å². The Kier molecular flexibility index (Phi) is 7.11. The minimum absolute atomic E-state index is 0.215. The van der Waals surface area contributed by atoms with Gasteiger partial charge in [0.05, 0.1) is 11.0 Å². The van der Waals surface area contributed by atoms with Gasteiger partial charge in [0, 0.05) is 12.6 Å². The molecule has 0 spiro atoms. The molecule has 0 aromatic heterocycles. The van der Waals surface area contributed by atoms with Crippen LogP contribution in [0.1, 0.15) is 47.5 Å². The number of rotatable bonds is 7. The van der Waals surface area contributed by atoms with Crippen molar-refractivity contribution in [2.45, 2.75) is 59.5 Å². The lowest BCUT2D eigenvalue weighted by atomic mass is 10.0. The van der Waals surface area contributed by atoms with Crippen molar-refractivity contribution in [1.82, 2.24) is 4.90 Å². The highest BCUT2D eigenvalue weighted by molar-refractivity contribution is 7.80. The summed E-state index contributed by atoms with van der Waals surface area (Å²) in [6.45, 7) is 12.1. The SMILES string of the molecule is CCC(CC)N(CC(C)C)C(C)C(N)=S. The first-order valence-corrected chi connectivity index (χ1v) is 6.39. The van der Waals surface area contributed by atoms with E-state index in [0.717, 1.165) is 19.4 Å². The molecule has 0 aliphatic heterocycles. The van der Waals surface area contributed by atoms with Gasteiger partial charge in [-0.3, -0.25) is 4.90 Å². The second kappa shape index (κ2) is 7.18. The average molecular weight is 230 g/mol. The zero-order valence-corrected chi connectivity index (χ0v) is 11.6. The molecule has 1 unspecified atom stereocenters. The van der Waals surface area contributed by atoms with Crippen LogP contribution in [0.5, 0.6) is 0 Å². The van der Waals surface area contributed by atoms with E-state index < -0.39 is 0 Å². The van der Waals surface area contributed by atoms with Gasteiger partial charge in [-0.1, -0.05) is 39.9 Å². The maximum absolute atomic E-state index is 5.75. The molecule has 0 radical (unpaired) electrons. The summed E-state index contributed by atoms with van der Waals surface area (Å²) in [7, 11) is 0. The van der Waals surface area contributed by atoms with Gasteiger partial charge >= 0.3 is 0 Å². The lowest BCUT2D eigenvalue weighted by Gasteiger charge is -2.36. The molecule has 0 saturated carbocycles. The van der Waals surface area contributed by atoms with Crippen LogP contribution in [-0.2, 0) is 0 Å². The van der Waals surface area contributed by atoms with Gasteiger partial charge in [-0.15, -0.1) is 0 Å². The van der Waals surface area contributed by atoms with Gasteiger partial charge in [0.2, 0.25) is 0 Å². The van der Waals surface area contributed by atoms with Crippen molar-refractivity contribution in [2.75, 3.05) is 6.54 Å². The van der Waals surface area contributed by atoms with Gasteiger partial charge < -0.3 is 5.73 Å². The van der Waals surface area contributed by atoms with E-state index >= 15 is 0 Å². The van der Waals surface area contributed by atoms with Gasteiger partial charge in [-0.25, -0.2) is 0 Å². The van der Waals surface area contributed by atoms with Crippen LogP contribution in [0.15, 0.2) is 0 Å². The maximum atomic E-state index is 5.75. The molecule has 0 aliphatic carbocycles. The first-order valence-electron chi connectivity index (χ1n) is 5.99. The molecule has 0 aromatic rings. The Labute approximate surface area is 100 Å². The Hall–Kier alpha value is -0.150. The van der Waals surface area contributed by atoms with Crippen LogP contribution in [0.3, 0.4) is 0 Å². The van der Waals surface area contributed by atoms with Crippen molar-refractivity contribution < 1.29 is 0 Å². The number of nitrogens with two attached hydrogens (primary N) is 1. The standard InChI is InChI=1S/C12H26N2S/c1-6-11(7-2)14(8-9(3)4)10(5)12(13)15/h9-11H,6-8H2,1-5H3,(H2,13,15). The zero-order chi connectivity index (χ0) is 12.0. The molecule has 0 rings (SSSR count). The minimum atomic E-state index is 0.215. The van der Waals surface area contributed by atoms with E-state index in [4.69, 9.17) is 18.0 Å². The number of nitrogens with zero attached hydrogens (tertiary/aromatic N) is 1. The predicted molar refractivity (Wildman–Crippen MR) is 72.2 cm³/mol. The third-order valence-corrected chi connectivity index (χ3v) is 3.24. The highest BCUT2D eigenvalue weighted by atomic mass is 32.1. The molecule has 3 heteroatoms. The Balaban J connectivity index is 4.61. The van der Waals surface area contributed by atoms with Crippen LogP contribution in [0, 0.1) is 5.92 Å². The number of hydrogen-bond donors (Lipinski definition) is 1. The lowest BCUT2D eigenvalue weighted by Crippen LogP contribution is -2.48. The van der Waals surface area contributed by atoms with Crippen LogP contribution >= 0.6 is 12.2 Å². The smallest absolute Gasteiger partial charge is 0.0899 e. The van der Waals surface area contributed by atoms with Crippen LogP contribution in [0.2, 0.25) is 0 Å². The first-order chi connectivity index (χ1) is 6.93. The van der Waals surface area contributed by atoms with Crippen LogP contribution < -0.4 is 5.73 Å². The highest BCUT2D eigenvalue weighted by Gasteiger charge is 2.23.